The number of aromatic nitrogens is 1. The van der Waals surface area contributed by atoms with Crippen molar-refractivity contribution < 1.29 is 12.9 Å². The molecule has 24 heavy (non-hydrogen) atoms. The second kappa shape index (κ2) is 6.25. The van der Waals surface area contributed by atoms with Crippen molar-refractivity contribution in [2.24, 2.45) is 0 Å². The van der Waals surface area contributed by atoms with Crippen LogP contribution >= 0.6 is 22.6 Å². The number of fused-ring (bicyclic) bond motifs is 1. The van der Waals surface area contributed by atoms with Crippen LogP contribution < -0.4 is 9.62 Å². The Morgan fingerprint density at radius 2 is 1.79 bits per heavy atom. The Bertz CT molecular complexity index is 1010. The molecule has 3 aromatic rings. The molecule has 0 atom stereocenters. The molecule has 1 N–H and O–H groups in total. The highest BCUT2D eigenvalue weighted by Gasteiger charge is 2.22. The Hall–Kier alpha value is -1.81. The van der Waals surface area contributed by atoms with Gasteiger partial charge >= 0.3 is 0 Å². The Morgan fingerprint density at radius 1 is 1.12 bits per heavy atom. The van der Waals surface area contributed by atoms with Crippen molar-refractivity contribution in [1.82, 2.24) is 5.16 Å². The molecule has 0 fully saturated rings. The van der Waals surface area contributed by atoms with E-state index in [4.69, 9.17) is 4.52 Å². The third-order valence-corrected chi connectivity index (χ3v) is 6.32. The SMILES string of the molecule is Cc1onc(NS(=O)(=O)c2cccc3c(N(C)C)cccc23)c1I. The molecule has 126 valence electrons. The highest BCUT2D eigenvalue weighted by atomic mass is 127. The minimum atomic E-state index is -3.79. The molecule has 0 saturated carbocycles. The number of nitrogens with one attached hydrogen (secondary N) is 1. The van der Waals surface area contributed by atoms with E-state index in [1.165, 1.54) is 0 Å². The van der Waals surface area contributed by atoms with Crippen LogP contribution in [-0.2, 0) is 10.0 Å². The summed E-state index contributed by atoms with van der Waals surface area (Å²) in [6.45, 7) is 1.73. The van der Waals surface area contributed by atoms with E-state index in [0.29, 0.717) is 14.7 Å². The number of aryl methyl sites for hydroxylation is 1. The van der Waals surface area contributed by atoms with Gasteiger partial charge in [0.1, 0.15) is 9.33 Å². The third kappa shape index (κ3) is 2.95. The fourth-order valence-electron chi connectivity index (χ4n) is 2.50. The van der Waals surface area contributed by atoms with Crippen LogP contribution in [-0.4, -0.2) is 27.7 Å². The van der Waals surface area contributed by atoms with Crippen LogP contribution in [0.4, 0.5) is 11.5 Å². The minimum absolute atomic E-state index is 0.203. The summed E-state index contributed by atoms with van der Waals surface area (Å²) in [5, 5.41) is 5.30. The van der Waals surface area contributed by atoms with Gasteiger partial charge in [-0.25, -0.2) is 8.42 Å². The molecular weight excluding hydrogens is 441 g/mol. The zero-order valence-electron chi connectivity index (χ0n) is 13.4. The minimum Gasteiger partial charge on any atom is -0.377 e. The summed E-state index contributed by atoms with van der Waals surface area (Å²) in [7, 11) is 0.0633. The predicted molar refractivity (Wildman–Crippen MR) is 103 cm³/mol. The van der Waals surface area contributed by atoms with Crippen molar-refractivity contribution in [1.29, 1.82) is 0 Å². The van der Waals surface area contributed by atoms with Crippen LogP contribution in [0.1, 0.15) is 5.76 Å². The highest BCUT2D eigenvalue weighted by molar-refractivity contribution is 14.1. The van der Waals surface area contributed by atoms with Gasteiger partial charge in [0.25, 0.3) is 10.0 Å². The number of sulfonamides is 1. The van der Waals surface area contributed by atoms with E-state index in [1.807, 2.05) is 59.8 Å². The number of hydrogen-bond acceptors (Lipinski definition) is 5. The highest BCUT2D eigenvalue weighted by Crippen LogP contribution is 2.31. The zero-order chi connectivity index (χ0) is 17.5. The van der Waals surface area contributed by atoms with Crippen molar-refractivity contribution in [3.63, 3.8) is 0 Å². The standard InChI is InChI=1S/C16H16IN3O3S/c1-10-15(17)16(18-23-10)19-24(21,22)14-9-5-6-11-12(14)7-4-8-13(11)20(2)3/h4-9H,1-3H3,(H,18,19). The average Bonchev–Trinajstić information content (AvgIpc) is 2.85. The lowest BCUT2D eigenvalue weighted by atomic mass is 10.1. The summed E-state index contributed by atoms with van der Waals surface area (Å²) in [5.41, 5.74) is 0.955. The smallest absolute Gasteiger partial charge is 0.263 e. The van der Waals surface area contributed by atoms with Gasteiger partial charge in [0.2, 0.25) is 0 Å². The number of benzene rings is 2. The fraction of sp³-hybridized carbons (Fsp3) is 0.188. The van der Waals surface area contributed by atoms with Crippen LogP contribution in [0.25, 0.3) is 10.8 Å². The number of hydrogen-bond donors (Lipinski definition) is 1. The molecule has 8 heteroatoms. The van der Waals surface area contributed by atoms with E-state index in [0.717, 1.165) is 11.1 Å². The molecular formula is C16H16IN3O3S. The topological polar surface area (TPSA) is 75.4 Å². The maximum absolute atomic E-state index is 12.8. The van der Waals surface area contributed by atoms with Crippen LogP contribution in [0.5, 0.6) is 0 Å². The molecule has 0 unspecified atom stereocenters. The van der Waals surface area contributed by atoms with Crippen LogP contribution in [0, 0.1) is 10.5 Å². The van der Waals surface area contributed by atoms with Gasteiger partial charge in [-0.3, -0.25) is 4.72 Å². The van der Waals surface area contributed by atoms with E-state index < -0.39 is 10.0 Å². The maximum atomic E-state index is 12.8. The number of rotatable bonds is 4. The first kappa shape index (κ1) is 17.0. The molecule has 3 rings (SSSR count). The van der Waals surface area contributed by atoms with Gasteiger partial charge in [0.15, 0.2) is 5.82 Å². The normalized spacial score (nSPS) is 11.7. The second-order valence-electron chi connectivity index (χ2n) is 5.53. The quantitative estimate of drug-likeness (QED) is 0.606. The molecule has 0 spiro atoms. The lowest BCUT2D eigenvalue weighted by molar-refractivity contribution is 0.399. The maximum Gasteiger partial charge on any atom is 0.263 e. The second-order valence-corrected chi connectivity index (χ2v) is 8.26. The molecule has 0 aliphatic heterocycles. The molecule has 0 aliphatic rings. The van der Waals surface area contributed by atoms with Gasteiger partial charge in [-0.2, -0.15) is 0 Å². The molecule has 6 nitrogen and oxygen atoms in total. The molecule has 1 heterocycles. The Labute approximate surface area is 154 Å². The van der Waals surface area contributed by atoms with Crippen molar-refractivity contribution in [2.45, 2.75) is 11.8 Å². The van der Waals surface area contributed by atoms with Crippen LogP contribution in [0.3, 0.4) is 0 Å². The molecule has 0 bridgehead atoms. The average molecular weight is 457 g/mol. The van der Waals surface area contributed by atoms with Gasteiger partial charge in [0.05, 0.1) is 4.90 Å². The van der Waals surface area contributed by atoms with Crippen LogP contribution in [0.2, 0.25) is 0 Å². The number of anilines is 2. The van der Waals surface area contributed by atoms with E-state index in [2.05, 4.69) is 9.88 Å². The predicted octanol–water partition coefficient (Wildman–Crippen LogP) is 3.61. The Kier molecular flexibility index (Phi) is 4.43. The Balaban J connectivity index is 2.15. The van der Waals surface area contributed by atoms with Crippen molar-refractivity contribution >= 4 is 54.9 Å². The third-order valence-electron chi connectivity index (χ3n) is 3.65. The number of halogens is 1. The van der Waals surface area contributed by atoms with Gasteiger partial charge in [0, 0.05) is 30.6 Å². The van der Waals surface area contributed by atoms with Crippen molar-refractivity contribution in [2.75, 3.05) is 23.7 Å². The van der Waals surface area contributed by atoms with Gasteiger partial charge in [-0.05, 0) is 41.6 Å². The first-order valence-electron chi connectivity index (χ1n) is 7.15. The van der Waals surface area contributed by atoms with E-state index in [-0.39, 0.29) is 10.7 Å². The van der Waals surface area contributed by atoms with Crippen LogP contribution in [0.15, 0.2) is 45.8 Å². The summed E-state index contributed by atoms with van der Waals surface area (Å²) in [5.74, 6) is 0.773. The van der Waals surface area contributed by atoms with Gasteiger partial charge in [-0.15, -0.1) is 0 Å². The van der Waals surface area contributed by atoms with E-state index in [1.54, 1.807) is 25.1 Å². The summed E-state index contributed by atoms with van der Waals surface area (Å²) < 4.78 is 33.9. The monoisotopic (exact) mass is 457 g/mol. The molecule has 2 aromatic carbocycles. The molecule has 0 amide bonds. The van der Waals surface area contributed by atoms with Crippen molar-refractivity contribution in [3.8, 4) is 0 Å². The summed E-state index contributed by atoms with van der Waals surface area (Å²) in [6.07, 6.45) is 0. The summed E-state index contributed by atoms with van der Waals surface area (Å²) in [6, 6.07) is 10.8. The molecule has 0 aliphatic carbocycles. The molecule has 0 radical (unpaired) electrons. The lowest BCUT2D eigenvalue weighted by Gasteiger charge is -2.17. The van der Waals surface area contributed by atoms with E-state index in [9.17, 15) is 8.42 Å². The fourth-order valence-corrected chi connectivity index (χ4v) is 4.24. The largest absolute Gasteiger partial charge is 0.377 e. The van der Waals surface area contributed by atoms with E-state index >= 15 is 0 Å². The Morgan fingerprint density at radius 3 is 2.42 bits per heavy atom. The number of nitrogens with zero attached hydrogens (tertiary/aromatic N) is 2. The first-order valence-corrected chi connectivity index (χ1v) is 9.71. The summed E-state index contributed by atoms with van der Waals surface area (Å²) >= 11 is 2.00. The lowest BCUT2D eigenvalue weighted by Crippen LogP contribution is -2.15. The molecule has 0 saturated heterocycles. The van der Waals surface area contributed by atoms with Gasteiger partial charge < -0.3 is 9.42 Å². The zero-order valence-corrected chi connectivity index (χ0v) is 16.3. The first-order chi connectivity index (χ1) is 11.3. The van der Waals surface area contributed by atoms with Gasteiger partial charge in [-0.1, -0.05) is 29.4 Å². The molecule has 1 aromatic heterocycles. The van der Waals surface area contributed by atoms with Crippen molar-refractivity contribution in [3.05, 3.63) is 45.7 Å². The summed E-state index contributed by atoms with van der Waals surface area (Å²) in [4.78, 5) is 2.16.